The van der Waals surface area contributed by atoms with Crippen molar-refractivity contribution in [3.8, 4) is 0 Å². The van der Waals surface area contributed by atoms with E-state index in [1.807, 2.05) is 12.1 Å². The molecule has 0 spiro atoms. The number of guanidine groups is 1. The Labute approximate surface area is 148 Å². The number of nitrogens with one attached hydrogen (secondary N) is 3. The molecule has 3 rings (SSSR count). The molecular weight excluding hydrogens is 324 g/mol. The summed E-state index contributed by atoms with van der Waals surface area (Å²) < 4.78 is 0. The van der Waals surface area contributed by atoms with Crippen molar-refractivity contribution in [2.45, 2.75) is 31.1 Å². The molecule has 0 atom stereocenters. The van der Waals surface area contributed by atoms with Crippen LogP contribution in [0.4, 0.5) is 0 Å². The third kappa shape index (κ3) is 4.41. The minimum atomic E-state index is 0.169. The molecule has 24 heavy (non-hydrogen) atoms. The number of rotatable bonds is 7. The van der Waals surface area contributed by atoms with Crippen molar-refractivity contribution >= 4 is 23.5 Å². The summed E-state index contributed by atoms with van der Waals surface area (Å²) in [7, 11) is 1.76. The lowest BCUT2D eigenvalue weighted by atomic mass is 9.96. The topological polar surface area (TPSA) is 65.5 Å². The quantitative estimate of drug-likeness (QED) is 0.401. The number of aliphatic imine (C=N–C) groups is 1. The van der Waals surface area contributed by atoms with Crippen molar-refractivity contribution in [3.63, 3.8) is 0 Å². The van der Waals surface area contributed by atoms with E-state index in [9.17, 15) is 4.79 Å². The third-order valence-electron chi connectivity index (χ3n) is 4.77. The molecule has 1 aromatic rings. The minimum absolute atomic E-state index is 0.169. The van der Waals surface area contributed by atoms with E-state index in [4.69, 9.17) is 11.6 Å². The summed E-state index contributed by atoms with van der Waals surface area (Å²) >= 11 is 6.11. The van der Waals surface area contributed by atoms with E-state index in [0.29, 0.717) is 13.1 Å². The van der Waals surface area contributed by atoms with Crippen molar-refractivity contribution in [2.75, 3.05) is 26.7 Å². The average Bonchev–Trinajstić information content (AvgIpc) is 3.48. The van der Waals surface area contributed by atoms with Gasteiger partial charge in [-0.05, 0) is 43.4 Å². The fraction of sp³-hybridized carbons (Fsp3) is 0.556. The largest absolute Gasteiger partial charge is 0.356 e. The standard InChI is InChI=1S/C18H25ClN4O/c1-20-17(22-10-9-21-16(24)13-5-6-13)23-12-18(7-8-18)14-3-2-4-15(19)11-14/h2-4,11,13H,5-10,12H2,1H3,(H,21,24)(H2,20,22,23). The van der Waals surface area contributed by atoms with E-state index in [-0.39, 0.29) is 17.2 Å². The Morgan fingerprint density at radius 1 is 1.25 bits per heavy atom. The van der Waals surface area contributed by atoms with Crippen LogP contribution in [0.3, 0.4) is 0 Å². The fourth-order valence-electron chi connectivity index (χ4n) is 2.87. The van der Waals surface area contributed by atoms with Crippen molar-refractivity contribution < 1.29 is 4.79 Å². The van der Waals surface area contributed by atoms with Crippen LogP contribution < -0.4 is 16.0 Å². The number of benzene rings is 1. The van der Waals surface area contributed by atoms with Gasteiger partial charge in [0, 0.05) is 43.0 Å². The Kier molecular flexibility index (Phi) is 5.29. The molecule has 5 nitrogen and oxygen atoms in total. The van der Waals surface area contributed by atoms with Gasteiger partial charge in [-0.25, -0.2) is 0 Å². The van der Waals surface area contributed by atoms with Gasteiger partial charge >= 0.3 is 0 Å². The van der Waals surface area contributed by atoms with E-state index in [0.717, 1.165) is 43.2 Å². The van der Waals surface area contributed by atoms with E-state index < -0.39 is 0 Å². The van der Waals surface area contributed by atoms with Gasteiger partial charge < -0.3 is 16.0 Å². The molecule has 130 valence electrons. The summed E-state index contributed by atoms with van der Waals surface area (Å²) in [6.07, 6.45) is 4.39. The Morgan fingerprint density at radius 3 is 2.62 bits per heavy atom. The summed E-state index contributed by atoms with van der Waals surface area (Å²) in [6.45, 7) is 2.12. The predicted octanol–water partition coefficient (Wildman–Crippen LogP) is 2.06. The fourth-order valence-corrected chi connectivity index (χ4v) is 3.06. The number of carbonyl (C=O) groups excluding carboxylic acids is 1. The molecule has 3 N–H and O–H groups in total. The van der Waals surface area contributed by atoms with Gasteiger partial charge in [-0.2, -0.15) is 0 Å². The lowest BCUT2D eigenvalue weighted by Gasteiger charge is -2.19. The van der Waals surface area contributed by atoms with Crippen LogP contribution in [0.2, 0.25) is 5.02 Å². The van der Waals surface area contributed by atoms with E-state index in [2.05, 4.69) is 33.1 Å². The number of halogens is 1. The smallest absolute Gasteiger partial charge is 0.223 e. The normalized spacial score (nSPS) is 18.8. The maximum Gasteiger partial charge on any atom is 0.223 e. The highest BCUT2D eigenvalue weighted by Gasteiger charge is 2.44. The van der Waals surface area contributed by atoms with E-state index in [1.54, 1.807) is 7.05 Å². The van der Waals surface area contributed by atoms with Crippen molar-refractivity contribution in [1.82, 2.24) is 16.0 Å². The first-order chi connectivity index (χ1) is 11.6. The lowest BCUT2D eigenvalue weighted by molar-refractivity contribution is -0.122. The Bertz CT molecular complexity index is 623. The first-order valence-electron chi connectivity index (χ1n) is 8.61. The van der Waals surface area contributed by atoms with Crippen molar-refractivity contribution in [2.24, 2.45) is 10.9 Å². The van der Waals surface area contributed by atoms with Crippen molar-refractivity contribution in [1.29, 1.82) is 0 Å². The number of carbonyl (C=O) groups is 1. The summed E-state index contributed by atoms with van der Waals surface area (Å²) in [5.74, 6) is 1.21. The van der Waals surface area contributed by atoms with Crippen LogP contribution in [0, 0.1) is 5.92 Å². The van der Waals surface area contributed by atoms with E-state index >= 15 is 0 Å². The maximum atomic E-state index is 11.6. The molecular formula is C18H25ClN4O. The zero-order valence-corrected chi connectivity index (χ0v) is 14.8. The maximum absolute atomic E-state index is 11.6. The first-order valence-corrected chi connectivity index (χ1v) is 8.99. The highest BCUT2D eigenvalue weighted by Crippen LogP contribution is 2.48. The number of hydrogen-bond acceptors (Lipinski definition) is 2. The molecule has 0 bridgehead atoms. The molecule has 1 amide bonds. The summed E-state index contributed by atoms with van der Waals surface area (Å²) in [6, 6.07) is 8.11. The monoisotopic (exact) mass is 348 g/mol. The van der Waals surface area contributed by atoms with Gasteiger partial charge in [0.2, 0.25) is 5.91 Å². The molecule has 2 aliphatic rings. The highest BCUT2D eigenvalue weighted by molar-refractivity contribution is 6.30. The first kappa shape index (κ1) is 17.1. The van der Waals surface area contributed by atoms with Gasteiger partial charge in [0.05, 0.1) is 0 Å². The summed E-state index contributed by atoms with van der Waals surface area (Å²) in [4.78, 5) is 15.8. The third-order valence-corrected chi connectivity index (χ3v) is 5.01. The van der Waals surface area contributed by atoms with Crippen LogP contribution in [0.15, 0.2) is 29.3 Å². The minimum Gasteiger partial charge on any atom is -0.356 e. The van der Waals surface area contributed by atoms with Crippen LogP contribution >= 0.6 is 11.6 Å². The van der Waals surface area contributed by atoms with Gasteiger partial charge in [-0.15, -0.1) is 0 Å². The Balaban J connectivity index is 1.41. The second kappa shape index (κ2) is 7.43. The molecule has 6 heteroatoms. The predicted molar refractivity (Wildman–Crippen MR) is 97.5 cm³/mol. The number of amides is 1. The molecule has 2 aliphatic carbocycles. The zero-order valence-electron chi connectivity index (χ0n) is 14.1. The van der Waals surface area contributed by atoms with Gasteiger partial charge in [0.1, 0.15) is 0 Å². The van der Waals surface area contributed by atoms with Crippen LogP contribution in [0.1, 0.15) is 31.2 Å². The summed E-state index contributed by atoms with van der Waals surface area (Å²) in [5, 5.41) is 10.4. The molecule has 1 aromatic carbocycles. The molecule has 2 fully saturated rings. The number of hydrogen-bond donors (Lipinski definition) is 3. The second-order valence-electron chi connectivity index (χ2n) is 6.71. The molecule has 2 saturated carbocycles. The van der Waals surface area contributed by atoms with E-state index in [1.165, 1.54) is 5.56 Å². The molecule has 0 unspecified atom stereocenters. The van der Waals surface area contributed by atoms with Gasteiger partial charge in [-0.1, -0.05) is 23.7 Å². The molecule has 0 saturated heterocycles. The zero-order chi connectivity index (χ0) is 17.0. The van der Waals surface area contributed by atoms with Gasteiger partial charge in [-0.3, -0.25) is 9.79 Å². The second-order valence-corrected chi connectivity index (χ2v) is 7.14. The molecule has 0 aromatic heterocycles. The van der Waals surface area contributed by atoms with Crippen LogP contribution in [0.25, 0.3) is 0 Å². The summed E-state index contributed by atoms with van der Waals surface area (Å²) in [5.41, 5.74) is 1.46. The lowest BCUT2D eigenvalue weighted by Crippen LogP contribution is -2.44. The van der Waals surface area contributed by atoms with Gasteiger partial charge in [0.25, 0.3) is 0 Å². The number of nitrogens with zero attached hydrogens (tertiary/aromatic N) is 1. The molecule has 0 aliphatic heterocycles. The van der Waals surface area contributed by atoms with Crippen LogP contribution in [-0.4, -0.2) is 38.5 Å². The Hall–Kier alpha value is -1.75. The molecule has 0 heterocycles. The Morgan fingerprint density at radius 2 is 2.00 bits per heavy atom. The van der Waals surface area contributed by atoms with Crippen molar-refractivity contribution in [3.05, 3.63) is 34.9 Å². The van der Waals surface area contributed by atoms with Crippen LogP contribution in [-0.2, 0) is 10.2 Å². The average molecular weight is 349 g/mol. The highest BCUT2D eigenvalue weighted by atomic mass is 35.5. The molecule has 0 radical (unpaired) electrons. The van der Waals surface area contributed by atoms with Crippen LogP contribution in [0.5, 0.6) is 0 Å². The SMILES string of the molecule is CN=C(NCCNC(=O)C1CC1)NCC1(c2cccc(Cl)c2)CC1. The van der Waals surface area contributed by atoms with Gasteiger partial charge in [0.15, 0.2) is 5.96 Å².